The van der Waals surface area contributed by atoms with Gasteiger partial charge in [0.1, 0.15) is 17.7 Å². The quantitative estimate of drug-likeness (QED) is 0.623. The number of carbonyl (C=O) groups excluding carboxylic acids is 1. The highest BCUT2D eigenvalue weighted by atomic mass is 79.9. The molecule has 20 heavy (non-hydrogen) atoms. The molecule has 0 aromatic heterocycles. The van der Waals surface area contributed by atoms with Crippen molar-refractivity contribution in [3.63, 3.8) is 0 Å². The average molecular weight is 343 g/mol. The first-order valence-electron chi connectivity index (χ1n) is 6.66. The van der Waals surface area contributed by atoms with Crippen molar-refractivity contribution in [3.05, 3.63) is 35.9 Å². The number of alkyl halides is 1. The summed E-state index contributed by atoms with van der Waals surface area (Å²) in [4.78, 5) is 11.9. The summed E-state index contributed by atoms with van der Waals surface area (Å²) < 4.78 is 16.6. The van der Waals surface area contributed by atoms with Gasteiger partial charge in [-0.05, 0) is 24.5 Å². The predicted molar refractivity (Wildman–Crippen MR) is 78.9 cm³/mol. The smallest absolute Gasteiger partial charge is 0.338 e. The molecule has 1 aromatic rings. The van der Waals surface area contributed by atoms with Gasteiger partial charge in [-0.1, -0.05) is 41.1 Å². The number of carbonyl (C=O) groups is 1. The Hall–Kier alpha value is -0.910. The molecule has 5 heteroatoms. The zero-order valence-corrected chi connectivity index (χ0v) is 13.2. The first-order valence-corrected chi connectivity index (χ1v) is 7.58. The highest BCUT2D eigenvalue weighted by molar-refractivity contribution is 9.09. The predicted octanol–water partition coefficient (Wildman–Crippen LogP) is 3.00. The molecule has 1 aliphatic rings. The monoisotopic (exact) mass is 342 g/mol. The minimum atomic E-state index is -0.339. The fraction of sp³-hybridized carbons (Fsp3) is 0.533. The third-order valence-electron chi connectivity index (χ3n) is 3.47. The van der Waals surface area contributed by atoms with Crippen molar-refractivity contribution in [1.29, 1.82) is 0 Å². The third kappa shape index (κ3) is 3.81. The molecule has 1 saturated heterocycles. The van der Waals surface area contributed by atoms with Gasteiger partial charge in [-0.3, -0.25) is 0 Å². The number of ether oxygens (including phenoxy) is 3. The summed E-state index contributed by atoms with van der Waals surface area (Å²) in [6, 6.07) is 8.94. The maximum absolute atomic E-state index is 11.9. The molecule has 4 nitrogen and oxygen atoms in total. The van der Waals surface area contributed by atoms with Gasteiger partial charge >= 0.3 is 5.97 Å². The van der Waals surface area contributed by atoms with Crippen LogP contribution in [0.4, 0.5) is 0 Å². The van der Waals surface area contributed by atoms with Gasteiger partial charge in [-0.2, -0.15) is 0 Å². The van der Waals surface area contributed by atoms with Gasteiger partial charge in [-0.15, -0.1) is 0 Å². The normalized spacial score (nSPS) is 29.9. The van der Waals surface area contributed by atoms with E-state index in [9.17, 15) is 4.79 Å². The van der Waals surface area contributed by atoms with Crippen LogP contribution >= 0.6 is 15.9 Å². The van der Waals surface area contributed by atoms with Crippen molar-refractivity contribution in [1.82, 2.24) is 0 Å². The number of hydrogen-bond donors (Lipinski definition) is 0. The van der Waals surface area contributed by atoms with Crippen LogP contribution in [0, 0.1) is 5.92 Å². The lowest BCUT2D eigenvalue weighted by molar-refractivity contribution is -0.141. The molecule has 1 aromatic carbocycles. The SMILES string of the molecule is CO[C@H]1[C@H](C)C[C@@H](Br)O[C@@H]1COC(=O)c1ccccc1. The van der Waals surface area contributed by atoms with Crippen LogP contribution in [-0.2, 0) is 14.2 Å². The number of rotatable bonds is 4. The molecule has 1 fully saturated rings. The summed E-state index contributed by atoms with van der Waals surface area (Å²) in [6.45, 7) is 2.30. The summed E-state index contributed by atoms with van der Waals surface area (Å²) in [5, 5.41) is -0.0238. The minimum absolute atomic E-state index is 0.0238. The first kappa shape index (κ1) is 15.5. The Morgan fingerprint density at radius 2 is 2.10 bits per heavy atom. The Balaban J connectivity index is 1.93. The van der Waals surface area contributed by atoms with E-state index >= 15 is 0 Å². The molecular formula is C15H19BrO4. The van der Waals surface area contributed by atoms with E-state index in [4.69, 9.17) is 14.2 Å². The summed E-state index contributed by atoms with van der Waals surface area (Å²) >= 11 is 3.46. The number of methoxy groups -OCH3 is 1. The standard InChI is InChI=1S/C15H19BrO4/c1-10-8-13(16)20-12(14(10)18-2)9-19-15(17)11-6-4-3-5-7-11/h3-7,10,12-14H,8-9H2,1-2H3/t10-,12-,13+,14+/m1/s1. The Morgan fingerprint density at radius 1 is 1.40 bits per heavy atom. The number of halogens is 1. The molecule has 110 valence electrons. The van der Waals surface area contributed by atoms with E-state index < -0.39 is 0 Å². The van der Waals surface area contributed by atoms with Crippen LogP contribution in [0.5, 0.6) is 0 Å². The molecule has 1 aliphatic heterocycles. The second-order valence-corrected chi connectivity index (χ2v) is 5.98. The molecule has 0 unspecified atom stereocenters. The van der Waals surface area contributed by atoms with E-state index in [0.29, 0.717) is 11.5 Å². The van der Waals surface area contributed by atoms with E-state index in [0.717, 1.165) is 6.42 Å². The van der Waals surface area contributed by atoms with Crippen LogP contribution in [0.25, 0.3) is 0 Å². The second kappa shape index (κ2) is 7.20. The lowest BCUT2D eigenvalue weighted by atomic mass is 9.94. The van der Waals surface area contributed by atoms with Crippen LogP contribution in [0.2, 0.25) is 0 Å². The molecule has 0 spiro atoms. The molecule has 0 N–H and O–H groups in total. The van der Waals surface area contributed by atoms with E-state index in [1.54, 1.807) is 19.2 Å². The van der Waals surface area contributed by atoms with Crippen LogP contribution in [0.15, 0.2) is 30.3 Å². The number of benzene rings is 1. The van der Waals surface area contributed by atoms with Gasteiger partial charge < -0.3 is 14.2 Å². The van der Waals surface area contributed by atoms with Gasteiger partial charge in [0.05, 0.1) is 11.7 Å². The van der Waals surface area contributed by atoms with Crippen molar-refractivity contribution in [3.8, 4) is 0 Å². The van der Waals surface area contributed by atoms with Crippen molar-refractivity contribution in [2.45, 2.75) is 30.6 Å². The van der Waals surface area contributed by atoms with E-state index in [-0.39, 0.29) is 29.8 Å². The Morgan fingerprint density at radius 3 is 2.75 bits per heavy atom. The van der Waals surface area contributed by atoms with Crippen molar-refractivity contribution in [2.24, 2.45) is 5.92 Å². The van der Waals surface area contributed by atoms with Gasteiger partial charge in [0.15, 0.2) is 0 Å². The van der Waals surface area contributed by atoms with Crippen LogP contribution in [0.1, 0.15) is 23.7 Å². The third-order valence-corrected chi connectivity index (χ3v) is 4.06. The molecule has 0 bridgehead atoms. The van der Waals surface area contributed by atoms with Crippen molar-refractivity contribution in [2.75, 3.05) is 13.7 Å². The fourth-order valence-electron chi connectivity index (χ4n) is 2.45. The van der Waals surface area contributed by atoms with E-state index in [2.05, 4.69) is 22.9 Å². The van der Waals surface area contributed by atoms with Gasteiger partial charge in [-0.25, -0.2) is 4.79 Å². The Labute approximate surface area is 127 Å². The minimum Gasteiger partial charge on any atom is -0.459 e. The summed E-state index contributed by atoms with van der Waals surface area (Å²) in [5.74, 6) is 0.00644. The first-order chi connectivity index (χ1) is 9.61. The fourth-order valence-corrected chi connectivity index (χ4v) is 3.32. The highest BCUT2D eigenvalue weighted by Crippen LogP contribution is 2.30. The summed E-state index contributed by atoms with van der Waals surface area (Å²) in [7, 11) is 1.66. The maximum Gasteiger partial charge on any atom is 0.338 e. The highest BCUT2D eigenvalue weighted by Gasteiger charge is 2.36. The largest absolute Gasteiger partial charge is 0.459 e. The van der Waals surface area contributed by atoms with Crippen LogP contribution in [0.3, 0.4) is 0 Å². The number of hydrogen-bond acceptors (Lipinski definition) is 4. The van der Waals surface area contributed by atoms with Gasteiger partial charge in [0, 0.05) is 7.11 Å². The van der Waals surface area contributed by atoms with E-state index in [1.807, 2.05) is 18.2 Å². The Bertz CT molecular complexity index is 437. The Kier molecular flexibility index (Phi) is 5.57. The average Bonchev–Trinajstić information content (AvgIpc) is 2.45. The maximum atomic E-state index is 11.9. The zero-order valence-electron chi connectivity index (χ0n) is 11.6. The van der Waals surface area contributed by atoms with Crippen LogP contribution < -0.4 is 0 Å². The summed E-state index contributed by atoms with van der Waals surface area (Å²) in [5.41, 5.74) is 0.542. The lowest BCUT2D eigenvalue weighted by Gasteiger charge is -2.37. The van der Waals surface area contributed by atoms with E-state index in [1.165, 1.54) is 0 Å². The number of esters is 1. The molecule has 0 amide bonds. The van der Waals surface area contributed by atoms with Gasteiger partial charge in [0.2, 0.25) is 0 Å². The van der Waals surface area contributed by atoms with Crippen LogP contribution in [-0.4, -0.2) is 36.9 Å². The lowest BCUT2D eigenvalue weighted by Crippen LogP contribution is -2.46. The van der Waals surface area contributed by atoms with Crippen molar-refractivity contribution < 1.29 is 19.0 Å². The molecule has 2 rings (SSSR count). The topological polar surface area (TPSA) is 44.8 Å². The van der Waals surface area contributed by atoms with Crippen molar-refractivity contribution >= 4 is 21.9 Å². The molecule has 1 heterocycles. The second-order valence-electron chi connectivity index (χ2n) is 4.96. The summed E-state index contributed by atoms with van der Waals surface area (Å²) in [6.07, 6.45) is 0.565. The zero-order chi connectivity index (χ0) is 14.5. The molecule has 0 aliphatic carbocycles. The molecule has 0 saturated carbocycles. The molecule has 4 atom stereocenters. The molecule has 0 radical (unpaired) electrons. The van der Waals surface area contributed by atoms with Gasteiger partial charge in [0.25, 0.3) is 0 Å². The molecular weight excluding hydrogens is 324 g/mol.